The Morgan fingerprint density at radius 1 is 1.38 bits per heavy atom. The Hall–Kier alpha value is -2.11. The molecule has 0 saturated heterocycles. The van der Waals surface area contributed by atoms with Gasteiger partial charge in [-0.1, -0.05) is 0 Å². The normalized spacial score (nSPS) is 12.1. The molecule has 0 bridgehead atoms. The number of imidazole rings is 1. The van der Waals surface area contributed by atoms with E-state index in [4.69, 9.17) is 4.74 Å². The van der Waals surface area contributed by atoms with Gasteiger partial charge in [0.15, 0.2) is 0 Å². The minimum atomic E-state index is 0.0158. The van der Waals surface area contributed by atoms with Crippen LogP contribution in [0.5, 0.6) is 5.88 Å². The third kappa shape index (κ3) is 2.28. The molecule has 0 radical (unpaired) electrons. The fourth-order valence-corrected chi connectivity index (χ4v) is 1.30. The summed E-state index contributed by atoms with van der Waals surface area (Å²) in [5.41, 5.74) is 0. The van der Waals surface area contributed by atoms with Crippen LogP contribution >= 0.6 is 0 Å². The van der Waals surface area contributed by atoms with E-state index < -0.39 is 0 Å². The van der Waals surface area contributed by atoms with E-state index in [-0.39, 0.29) is 6.04 Å². The molecule has 0 aromatic carbocycles. The molecule has 2 aromatic rings. The van der Waals surface area contributed by atoms with E-state index in [2.05, 4.69) is 25.3 Å². The summed E-state index contributed by atoms with van der Waals surface area (Å²) in [7, 11) is 1.57. The summed E-state index contributed by atoms with van der Waals surface area (Å²) in [6.45, 7) is 1.97. The van der Waals surface area contributed by atoms with E-state index in [1.807, 2.05) is 6.92 Å². The summed E-state index contributed by atoms with van der Waals surface area (Å²) in [6, 6.07) is 1.71. The minimum absolute atomic E-state index is 0.0158. The molecule has 2 aromatic heterocycles. The Kier molecular flexibility index (Phi) is 3.00. The second-order valence-corrected chi connectivity index (χ2v) is 3.26. The van der Waals surface area contributed by atoms with Crippen molar-refractivity contribution < 1.29 is 4.74 Å². The Balaban J connectivity index is 2.08. The molecular weight excluding hydrogens is 206 g/mol. The molecule has 0 aliphatic rings. The molecule has 0 saturated carbocycles. The maximum Gasteiger partial charge on any atom is 0.226 e. The van der Waals surface area contributed by atoms with Gasteiger partial charge in [0.05, 0.1) is 13.2 Å². The highest BCUT2D eigenvalue weighted by atomic mass is 16.5. The molecule has 0 aliphatic heterocycles. The highest BCUT2D eigenvalue weighted by Crippen LogP contribution is 2.14. The number of hydrogen-bond donors (Lipinski definition) is 2. The summed E-state index contributed by atoms with van der Waals surface area (Å²) in [5.74, 6) is 1.89. The smallest absolute Gasteiger partial charge is 0.226 e. The highest BCUT2D eigenvalue weighted by Gasteiger charge is 2.09. The van der Waals surface area contributed by atoms with Crippen molar-refractivity contribution in [3.8, 4) is 5.88 Å². The maximum atomic E-state index is 5.01. The summed E-state index contributed by atoms with van der Waals surface area (Å²) in [5, 5.41) is 3.12. The van der Waals surface area contributed by atoms with Gasteiger partial charge in [0.2, 0.25) is 11.8 Å². The van der Waals surface area contributed by atoms with Gasteiger partial charge in [-0.2, -0.15) is 4.98 Å². The molecule has 0 spiro atoms. The molecule has 16 heavy (non-hydrogen) atoms. The lowest BCUT2D eigenvalue weighted by Gasteiger charge is -2.11. The molecule has 6 nitrogen and oxygen atoms in total. The van der Waals surface area contributed by atoms with Gasteiger partial charge < -0.3 is 15.0 Å². The second-order valence-electron chi connectivity index (χ2n) is 3.26. The average molecular weight is 219 g/mol. The van der Waals surface area contributed by atoms with Crippen LogP contribution in [-0.2, 0) is 0 Å². The second kappa shape index (κ2) is 4.61. The highest BCUT2D eigenvalue weighted by molar-refractivity contribution is 5.29. The van der Waals surface area contributed by atoms with Gasteiger partial charge in [-0.3, -0.25) is 0 Å². The molecule has 2 N–H and O–H groups in total. The Morgan fingerprint density at radius 2 is 2.25 bits per heavy atom. The third-order valence-electron chi connectivity index (χ3n) is 2.11. The van der Waals surface area contributed by atoms with Crippen molar-refractivity contribution >= 4 is 5.95 Å². The zero-order valence-electron chi connectivity index (χ0n) is 9.14. The van der Waals surface area contributed by atoms with Crippen LogP contribution in [0.4, 0.5) is 5.95 Å². The van der Waals surface area contributed by atoms with E-state index in [9.17, 15) is 0 Å². The van der Waals surface area contributed by atoms with Crippen molar-refractivity contribution in [2.24, 2.45) is 0 Å². The predicted molar refractivity (Wildman–Crippen MR) is 59.2 cm³/mol. The first kappa shape index (κ1) is 10.4. The molecule has 0 amide bonds. The monoisotopic (exact) mass is 219 g/mol. The molecular formula is C10H13N5O. The van der Waals surface area contributed by atoms with Crippen LogP contribution in [0.3, 0.4) is 0 Å². The number of nitrogens with one attached hydrogen (secondary N) is 2. The van der Waals surface area contributed by atoms with E-state index in [1.165, 1.54) is 0 Å². The van der Waals surface area contributed by atoms with Gasteiger partial charge in [0.1, 0.15) is 5.82 Å². The lowest BCUT2D eigenvalue weighted by atomic mass is 10.3. The third-order valence-corrected chi connectivity index (χ3v) is 2.11. The fourth-order valence-electron chi connectivity index (χ4n) is 1.30. The quantitative estimate of drug-likeness (QED) is 0.812. The fraction of sp³-hybridized carbons (Fsp3) is 0.300. The van der Waals surface area contributed by atoms with Crippen molar-refractivity contribution in [1.29, 1.82) is 0 Å². The average Bonchev–Trinajstić information content (AvgIpc) is 2.83. The van der Waals surface area contributed by atoms with E-state index in [0.717, 1.165) is 5.82 Å². The van der Waals surface area contributed by atoms with Gasteiger partial charge in [-0.15, -0.1) is 0 Å². The van der Waals surface area contributed by atoms with Crippen molar-refractivity contribution in [2.45, 2.75) is 13.0 Å². The van der Waals surface area contributed by atoms with Crippen LogP contribution in [0.25, 0.3) is 0 Å². The van der Waals surface area contributed by atoms with Gasteiger partial charge in [0.25, 0.3) is 0 Å². The van der Waals surface area contributed by atoms with Crippen LogP contribution in [0.15, 0.2) is 24.7 Å². The molecule has 0 aliphatic carbocycles. The molecule has 84 valence electrons. The van der Waals surface area contributed by atoms with Crippen LogP contribution in [-0.4, -0.2) is 27.0 Å². The number of anilines is 1. The summed E-state index contributed by atoms with van der Waals surface area (Å²) in [6.07, 6.45) is 5.13. The van der Waals surface area contributed by atoms with Crippen molar-refractivity contribution in [3.63, 3.8) is 0 Å². The first-order chi connectivity index (χ1) is 7.79. The Labute approximate surface area is 93.1 Å². The Morgan fingerprint density at radius 3 is 2.94 bits per heavy atom. The van der Waals surface area contributed by atoms with E-state index >= 15 is 0 Å². The van der Waals surface area contributed by atoms with Gasteiger partial charge in [0, 0.05) is 24.7 Å². The molecule has 6 heteroatoms. The number of aromatic amines is 1. The molecule has 2 heterocycles. The first-order valence-corrected chi connectivity index (χ1v) is 4.92. The predicted octanol–water partition coefficient (Wildman–Crippen LogP) is 1.38. The van der Waals surface area contributed by atoms with E-state index in [1.54, 1.807) is 31.8 Å². The number of ether oxygens (including phenoxy) is 1. The van der Waals surface area contributed by atoms with Crippen LogP contribution < -0.4 is 10.1 Å². The number of methoxy groups -OCH3 is 1. The van der Waals surface area contributed by atoms with E-state index in [0.29, 0.717) is 11.8 Å². The zero-order chi connectivity index (χ0) is 11.4. The number of nitrogens with zero attached hydrogens (tertiary/aromatic N) is 3. The van der Waals surface area contributed by atoms with Gasteiger partial charge >= 0.3 is 0 Å². The van der Waals surface area contributed by atoms with Crippen LogP contribution in [0, 0.1) is 0 Å². The zero-order valence-corrected chi connectivity index (χ0v) is 9.14. The lowest BCUT2D eigenvalue weighted by molar-refractivity contribution is 0.397. The first-order valence-electron chi connectivity index (χ1n) is 4.92. The largest absolute Gasteiger partial charge is 0.481 e. The molecule has 2 rings (SSSR count). The number of hydrogen-bond acceptors (Lipinski definition) is 5. The molecule has 1 atom stereocenters. The SMILES string of the molecule is COc1ccnc(NC(C)c2ncc[nH]2)n1. The molecule has 0 fully saturated rings. The minimum Gasteiger partial charge on any atom is -0.481 e. The number of H-pyrrole nitrogens is 1. The standard InChI is InChI=1S/C10H13N5O/c1-7(9-11-5-6-12-9)14-10-13-4-3-8(15-10)16-2/h3-7H,1-2H3,(H,11,12)(H,13,14,15). The van der Waals surface area contributed by atoms with Gasteiger partial charge in [-0.05, 0) is 6.92 Å². The van der Waals surface area contributed by atoms with Crippen LogP contribution in [0.2, 0.25) is 0 Å². The van der Waals surface area contributed by atoms with Crippen molar-refractivity contribution in [3.05, 3.63) is 30.5 Å². The number of rotatable bonds is 4. The molecule has 1 unspecified atom stereocenters. The lowest BCUT2D eigenvalue weighted by Crippen LogP contribution is -2.10. The maximum absolute atomic E-state index is 5.01. The summed E-state index contributed by atoms with van der Waals surface area (Å²) >= 11 is 0. The summed E-state index contributed by atoms with van der Waals surface area (Å²) < 4.78 is 5.01. The Bertz CT molecular complexity index is 442. The van der Waals surface area contributed by atoms with Crippen LogP contribution in [0.1, 0.15) is 18.8 Å². The topological polar surface area (TPSA) is 75.7 Å². The number of aromatic nitrogens is 4. The van der Waals surface area contributed by atoms with Crippen molar-refractivity contribution in [1.82, 2.24) is 19.9 Å². The van der Waals surface area contributed by atoms with Gasteiger partial charge in [-0.25, -0.2) is 9.97 Å². The summed E-state index contributed by atoms with van der Waals surface area (Å²) in [4.78, 5) is 15.4. The van der Waals surface area contributed by atoms with Crippen molar-refractivity contribution in [2.75, 3.05) is 12.4 Å².